The molecule has 0 heterocycles. The fraction of sp³-hybridized carbons (Fsp3) is 0.273. The van der Waals surface area contributed by atoms with Gasteiger partial charge >= 0.3 is 6.18 Å². The highest BCUT2D eigenvalue weighted by molar-refractivity contribution is 6.62. The molecular weight excluding hydrogens is 217 g/mol. The summed E-state index contributed by atoms with van der Waals surface area (Å²) in [6, 6.07) is 5.36. The van der Waals surface area contributed by atoms with Crippen molar-refractivity contribution in [1.82, 2.24) is 0 Å². The van der Waals surface area contributed by atoms with Crippen LogP contribution < -0.4 is 0 Å². The zero-order valence-corrected chi connectivity index (χ0v) is 9.60. The molecule has 0 aliphatic heterocycles. The van der Waals surface area contributed by atoms with Crippen molar-refractivity contribution >= 4 is 14.9 Å². The zero-order chi connectivity index (χ0) is 11.5. The Hall–Kier alpha value is -1.03. The van der Waals surface area contributed by atoms with Gasteiger partial charge in [0.05, 0.1) is 14.4 Å². The van der Waals surface area contributed by atoms with Crippen LogP contribution in [0.5, 0.6) is 0 Å². The van der Waals surface area contributed by atoms with Crippen molar-refractivity contribution in [3.05, 3.63) is 41.1 Å². The van der Waals surface area contributed by atoms with Gasteiger partial charge < -0.3 is 0 Å². The van der Waals surface area contributed by atoms with Crippen LogP contribution in [0.15, 0.2) is 30.0 Å². The highest BCUT2D eigenvalue weighted by atomic mass is 28.3. The smallest absolute Gasteiger partial charge is 0.166 e. The number of hydrogen-bond donors (Lipinski definition) is 0. The van der Waals surface area contributed by atoms with Gasteiger partial charge in [0.15, 0.2) is 0 Å². The van der Waals surface area contributed by atoms with Gasteiger partial charge in [-0.3, -0.25) is 0 Å². The third-order valence-corrected chi connectivity index (χ3v) is 2.66. The Morgan fingerprint density at radius 1 is 1.20 bits per heavy atom. The maximum Gasteiger partial charge on any atom is 0.416 e. The van der Waals surface area contributed by atoms with Crippen molar-refractivity contribution in [1.29, 1.82) is 0 Å². The molecule has 81 valence electrons. The van der Waals surface area contributed by atoms with Crippen LogP contribution in [-0.4, -0.2) is 8.80 Å². The van der Waals surface area contributed by atoms with Crippen LogP contribution in [0.25, 0.3) is 6.08 Å². The van der Waals surface area contributed by atoms with E-state index in [4.69, 9.17) is 0 Å². The second kappa shape index (κ2) is 4.66. The van der Waals surface area contributed by atoms with Crippen LogP contribution in [0.4, 0.5) is 13.2 Å². The second-order valence-electron chi connectivity index (χ2n) is 3.53. The Morgan fingerprint density at radius 2 is 1.87 bits per heavy atom. The lowest BCUT2D eigenvalue weighted by Gasteiger charge is -2.06. The summed E-state index contributed by atoms with van der Waals surface area (Å²) in [6.45, 7) is 4.16. The van der Waals surface area contributed by atoms with E-state index in [9.17, 15) is 13.2 Å². The normalized spacial score (nSPS) is 12.7. The largest absolute Gasteiger partial charge is 0.416 e. The van der Waals surface area contributed by atoms with Gasteiger partial charge in [-0.25, -0.2) is 0 Å². The lowest BCUT2D eigenvalue weighted by atomic mass is 10.1. The predicted octanol–water partition coefficient (Wildman–Crippen LogP) is 4.01. The summed E-state index contributed by atoms with van der Waals surface area (Å²) in [4.78, 5) is 0. The van der Waals surface area contributed by atoms with Gasteiger partial charge in [0.2, 0.25) is 0 Å². The minimum Gasteiger partial charge on any atom is -0.166 e. The first-order valence-electron chi connectivity index (χ1n) is 4.55. The Bertz CT molecular complexity index is 353. The molecule has 0 saturated heterocycles. The number of rotatable bonds is 2. The molecule has 0 amide bonds. The van der Waals surface area contributed by atoms with Gasteiger partial charge in [-0.1, -0.05) is 37.0 Å². The summed E-state index contributed by atoms with van der Waals surface area (Å²) in [5.41, 5.74) is 1.99. The topological polar surface area (TPSA) is 0 Å². The molecule has 0 N–H and O–H groups in total. The molecule has 1 aromatic rings. The fourth-order valence-corrected chi connectivity index (χ4v) is 1.61. The first-order valence-corrected chi connectivity index (χ1v) is 7.13. The van der Waals surface area contributed by atoms with Crippen molar-refractivity contribution in [3.63, 3.8) is 0 Å². The highest BCUT2D eigenvalue weighted by Crippen LogP contribution is 2.29. The molecular formula is C11H12F3Si. The summed E-state index contributed by atoms with van der Waals surface area (Å²) in [6.07, 6.45) is -2.50. The summed E-state index contributed by atoms with van der Waals surface area (Å²) in [5.74, 6) is 0. The van der Waals surface area contributed by atoms with Crippen LogP contribution >= 0.6 is 0 Å². The van der Waals surface area contributed by atoms with Crippen molar-refractivity contribution in [2.24, 2.45) is 0 Å². The lowest BCUT2D eigenvalue weighted by molar-refractivity contribution is -0.137. The standard InChI is InChI=1S/C11H12F3Si/c1-15(2)7-6-9-4-3-5-10(8-9)11(12,13)14/h3-8H,1-2H3. The first-order chi connectivity index (χ1) is 6.89. The molecule has 0 nitrogen and oxygen atoms in total. The van der Waals surface area contributed by atoms with E-state index < -0.39 is 20.5 Å². The van der Waals surface area contributed by atoms with Crippen LogP contribution in [0.3, 0.4) is 0 Å². The summed E-state index contributed by atoms with van der Waals surface area (Å²) < 4.78 is 37.0. The van der Waals surface area contributed by atoms with Crippen molar-refractivity contribution in [2.45, 2.75) is 19.3 Å². The average Bonchev–Trinajstić information content (AvgIpc) is 2.14. The fourth-order valence-electron chi connectivity index (χ4n) is 1.08. The van der Waals surface area contributed by atoms with E-state index >= 15 is 0 Å². The van der Waals surface area contributed by atoms with Crippen LogP contribution in [0.2, 0.25) is 13.1 Å². The van der Waals surface area contributed by atoms with E-state index in [1.54, 1.807) is 12.1 Å². The van der Waals surface area contributed by atoms with Gasteiger partial charge in [-0.2, -0.15) is 13.2 Å². The second-order valence-corrected chi connectivity index (χ2v) is 6.02. The number of hydrogen-bond acceptors (Lipinski definition) is 0. The molecule has 0 aliphatic rings. The zero-order valence-electron chi connectivity index (χ0n) is 8.60. The quantitative estimate of drug-likeness (QED) is 0.672. The van der Waals surface area contributed by atoms with E-state index in [-0.39, 0.29) is 0 Å². The maximum atomic E-state index is 12.3. The molecule has 0 unspecified atom stereocenters. The molecule has 1 radical (unpaired) electrons. The number of halogens is 3. The summed E-state index contributed by atoms with van der Waals surface area (Å²) in [5, 5.41) is 0. The highest BCUT2D eigenvalue weighted by Gasteiger charge is 2.30. The lowest BCUT2D eigenvalue weighted by Crippen LogP contribution is -2.04. The number of benzene rings is 1. The Morgan fingerprint density at radius 3 is 2.40 bits per heavy atom. The van der Waals surface area contributed by atoms with E-state index in [1.165, 1.54) is 12.1 Å². The first kappa shape index (κ1) is 12.0. The van der Waals surface area contributed by atoms with Crippen LogP contribution in [0, 0.1) is 0 Å². The molecule has 1 rings (SSSR count). The SMILES string of the molecule is C[Si](C)C=Cc1cccc(C(F)(F)F)c1. The van der Waals surface area contributed by atoms with Crippen molar-refractivity contribution < 1.29 is 13.2 Å². The molecule has 4 heteroatoms. The van der Waals surface area contributed by atoms with Gasteiger partial charge in [0.1, 0.15) is 0 Å². The Balaban J connectivity index is 2.93. The van der Waals surface area contributed by atoms with E-state index in [0.29, 0.717) is 5.56 Å². The maximum absolute atomic E-state index is 12.3. The van der Waals surface area contributed by atoms with E-state index in [1.807, 2.05) is 5.70 Å². The molecule has 15 heavy (non-hydrogen) atoms. The van der Waals surface area contributed by atoms with Crippen LogP contribution in [0.1, 0.15) is 11.1 Å². The minimum atomic E-state index is -4.25. The molecule has 0 saturated carbocycles. The molecule has 0 fully saturated rings. The molecule has 0 bridgehead atoms. The molecule has 0 aromatic heterocycles. The van der Waals surface area contributed by atoms with E-state index in [0.717, 1.165) is 6.07 Å². The van der Waals surface area contributed by atoms with E-state index in [2.05, 4.69) is 13.1 Å². The monoisotopic (exact) mass is 229 g/mol. The molecule has 0 aliphatic carbocycles. The van der Waals surface area contributed by atoms with Crippen LogP contribution in [-0.2, 0) is 6.18 Å². The summed E-state index contributed by atoms with van der Waals surface area (Å²) >= 11 is 0. The van der Waals surface area contributed by atoms with Gasteiger partial charge in [-0.05, 0) is 17.7 Å². The van der Waals surface area contributed by atoms with Crippen molar-refractivity contribution in [2.75, 3.05) is 0 Å². The Kier molecular flexibility index (Phi) is 3.74. The Labute approximate surface area is 89.0 Å². The third-order valence-electron chi connectivity index (χ3n) is 1.82. The van der Waals surface area contributed by atoms with Gasteiger partial charge in [-0.15, -0.1) is 0 Å². The molecule has 0 atom stereocenters. The molecule has 1 aromatic carbocycles. The summed E-state index contributed by atoms with van der Waals surface area (Å²) in [7, 11) is -0.542. The average molecular weight is 229 g/mol. The van der Waals surface area contributed by atoms with Crippen molar-refractivity contribution in [3.8, 4) is 0 Å². The third kappa shape index (κ3) is 3.91. The predicted molar refractivity (Wildman–Crippen MR) is 58.0 cm³/mol. The molecule has 0 spiro atoms. The van der Waals surface area contributed by atoms with Gasteiger partial charge in [0, 0.05) is 0 Å². The van der Waals surface area contributed by atoms with Gasteiger partial charge in [0.25, 0.3) is 0 Å². The number of alkyl halides is 3. The minimum absolute atomic E-state index is 0.542.